The van der Waals surface area contributed by atoms with Gasteiger partial charge < -0.3 is 25.6 Å². The molecule has 218 valence electrons. The number of aryl methyl sites for hydroxylation is 1. The number of pyridine rings is 1. The molecule has 1 unspecified atom stereocenters. The molecule has 0 spiro atoms. The molecule has 3 amide bonds. The molecule has 2 aromatic rings. The van der Waals surface area contributed by atoms with Gasteiger partial charge in [0.2, 0.25) is 17.7 Å². The van der Waals surface area contributed by atoms with Gasteiger partial charge in [0.1, 0.15) is 29.8 Å². The van der Waals surface area contributed by atoms with Crippen LogP contribution in [0.3, 0.4) is 0 Å². The standard InChI is InChI=1S/C30H42FN5O4/c1-6-19(2)27-30(39)36(5)21(4)28(37)35-25(17-22-11-13-23(31)14-12-22)29(38)33-16-7-9-24-26(10-8-15-32-24)40-20(3)18-34-27/h8,10-15,19-21,25,27,34H,6-7,9,16-18H2,1-5H3,(H,33,38)(H,35,37)/t19?,20-,21-,25-,27+/m1/s1. The summed E-state index contributed by atoms with van der Waals surface area (Å²) in [6, 6.07) is 7.25. The molecule has 3 rings (SSSR count). The van der Waals surface area contributed by atoms with Gasteiger partial charge in [-0.25, -0.2) is 4.39 Å². The van der Waals surface area contributed by atoms with E-state index >= 15 is 0 Å². The van der Waals surface area contributed by atoms with E-state index in [0.29, 0.717) is 37.2 Å². The number of benzene rings is 1. The Hall–Kier alpha value is -3.53. The van der Waals surface area contributed by atoms with Gasteiger partial charge in [-0.3, -0.25) is 19.4 Å². The van der Waals surface area contributed by atoms with E-state index in [1.807, 2.05) is 32.9 Å². The average Bonchev–Trinajstić information content (AvgIpc) is 2.95. The third kappa shape index (κ3) is 8.48. The number of halogens is 1. The van der Waals surface area contributed by atoms with Crippen LogP contribution >= 0.6 is 0 Å². The minimum atomic E-state index is -0.902. The van der Waals surface area contributed by atoms with Crippen LogP contribution in [0.5, 0.6) is 5.75 Å². The Morgan fingerprint density at radius 3 is 2.55 bits per heavy atom. The van der Waals surface area contributed by atoms with Crippen molar-refractivity contribution in [1.29, 1.82) is 0 Å². The number of rotatable bonds is 4. The molecule has 1 aromatic carbocycles. The highest BCUT2D eigenvalue weighted by Gasteiger charge is 2.33. The second kappa shape index (κ2) is 14.7. The van der Waals surface area contributed by atoms with Crippen molar-refractivity contribution in [2.45, 2.75) is 77.6 Å². The molecule has 0 bridgehead atoms. The molecule has 0 saturated carbocycles. The molecular formula is C30H42FN5O4. The van der Waals surface area contributed by atoms with E-state index in [4.69, 9.17) is 4.74 Å². The maximum absolute atomic E-state index is 13.6. The summed E-state index contributed by atoms with van der Waals surface area (Å²) in [6.45, 7) is 8.38. The number of likely N-dealkylation sites (N-methyl/N-ethyl adjacent to an activating group) is 1. The van der Waals surface area contributed by atoms with Crippen molar-refractivity contribution >= 4 is 17.7 Å². The van der Waals surface area contributed by atoms with E-state index in [2.05, 4.69) is 20.9 Å². The summed E-state index contributed by atoms with van der Waals surface area (Å²) in [5, 5.41) is 9.09. The molecule has 9 nitrogen and oxygen atoms in total. The lowest BCUT2D eigenvalue weighted by atomic mass is 9.97. The molecule has 0 aliphatic carbocycles. The number of nitrogens with one attached hydrogen (secondary N) is 3. The Bertz CT molecular complexity index is 1150. The van der Waals surface area contributed by atoms with Crippen LogP contribution in [0, 0.1) is 11.7 Å². The third-order valence-corrected chi connectivity index (χ3v) is 7.46. The first-order valence-electron chi connectivity index (χ1n) is 14.0. The molecule has 1 aliphatic rings. The Morgan fingerprint density at radius 1 is 1.12 bits per heavy atom. The molecule has 3 N–H and O–H groups in total. The predicted molar refractivity (Wildman–Crippen MR) is 151 cm³/mol. The maximum Gasteiger partial charge on any atom is 0.243 e. The van der Waals surface area contributed by atoms with Gasteiger partial charge in [-0.1, -0.05) is 32.4 Å². The lowest BCUT2D eigenvalue weighted by molar-refractivity contribution is -0.141. The molecule has 1 aliphatic heterocycles. The highest BCUT2D eigenvalue weighted by Crippen LogP contribution is 2.19. The van der Waals surface area contributed by atoms with Crippen molar-refractivity contribution in [3.63, 3.8) is 0 Å². The van der Waals surface area contributed by atoms with Crippen LogP contribution in [0.25, 0.3) is 0 Å². The van der Waals surface area contributed by atoms with Crippen molar-refractivity contribution in [2.24, 2.45) is 5.92 Å². The molecule has 0 fully saturated rings. The van der Waals surface area contributed by atoms with Crippen LogP contribution in [0.2, 0.25) is 0 Å². The molecule has 0 saturated heterocycles. The Balaban J connectivity index is 1.88. The van der Waals surface area contributed by atoms with Gasteiger partial charge in [0.05, 0.1) is 11.7 Å². The van der Waals surface area contributed by atoms with Crippen LogP contribution in [-0.2, 0) is 27.2 Å². The van der Waals surface area contributed by atoms with Crippen LogP contribution in [0.4, 0.5) is 4.39 Å². The minimum absolute atomic E-state index is 0.00830. The second-order valence-electron chi connectivity index (χ2n) is 10.6. The summed E-state index contributed by atoms with van der Waals surface area (Å²) in [5.41, 5.74) is 1.48. The lowest BCUT2D eigenvalue weighted by Gasteiger charge is -2.33. The summed E-state index contributed by atoms with van der Waals surface area (Å²) in [5.74, 6) is -0.724. The molecule has 10 heteroatoms. The van der Waals surface area contributed by atoms with E-state index < -0.39 is 24.0 Å². The monoisotopic (exact) mass is 555 g/mol. The van der Waals surface area contributed by atoms with Crippen LogP contribution in [-0.4, -0.2) is 72.0 Å². The number of fused-ring (bicyclic) bond motifs is 1. The van der Waals surface area contributed by atoms with Gasteiger partial charge >= 0.3 is 0 Å². The quantitative estimate of drug-likeness (QED) is 0.535. The highest BCUT2D eigenvalue weighted by molar-refractivity contribution is 5.93. The fourth-order valence-corrected chi connectivity index (χ4v) is 4.57. The largest absolute Gasteiger partial charge is 0.487 e. The Kier molecular flexibility index (Phi) is 11.4. The Morgan fingerprint density at radius 2 is 1.85 bits per heavy atom. The predicted octanol–water partition coefficient (Wildman–Crippen LogP) is 2.63. The van der Waals surface area contributed by atoms with Gasteiger partial charge in [-0.15, -0.1) is 0 Å². The summed E-state index contributed by atoms with van der Waals surface area (Å²) in [4.78, 5) is 46.0. The van der Waals surface area contributed by atoms with Gasteiger partial charge in [-0.05, 0) is 62.4 Å². The molecule has 40 heavy (non-hydrogen) atoms. The summed E-state index contributed by atoms with van der Waals surface area (Å²) >= 11 is 0. The molecule has 2 heterocycles. The topological polar surface area (TPSA) is 113 Å². The van der Waals surface area contributed by atoms with Crippen molar-refractivity contribution in [3.05, 3.63) is 59.7 Å². The van der Waals surface area contributed by atoms with E-state index in [-0.39, 0.29) is 36.1 Å². The first kappa shape index (κ1) is 31.0. The fourth-order valence-electron chi connectivity index (χ4n) is 4.57. The first-order valence-corrected chi connectivity index (χ1v) is 14.0. The smallest absolute Gasteiger partial charge is 0.243 e. The number of hydrogen-bond acceptors (Lipinski definition) is 6. The fraction of sp³-hybridized carbons (Fsp3) is 0.533. The van der Waals surface area contributed by atoms with Crippen molar-refractivity contribution in [1.82, 2.24) is 25.8 Å². The molecule has 0 radical (unpaired) electrons. The van der Waals surface area contributed by atoms with E-state index in [9.17, 15) is 18.8 Å². The summed E-state index contributed by atoms with van der Waals surface area (Å²) in [7, 11) is 1.60. The zero-order chi connectivity index (χ0) is 29.2. The number of ether oxygens (including phenoxy) is 1. The zero-order valence-electron chi connectivity index (χ0n) is 24.1. The second-order valence-corrected chi connectivity index (χ2v) is 10.6. The van der Waals surface area contributed by atoms with Crippen molar-refractivity contribution in [2.75, 3.05) is 20.1 Å². The van der Waals surface area contributed by atoms with Crippen LogP contribution < -0.4 is 20.7 Å². The number of amides is 3. The minimum Gasteiger partial charge on any atom is -0.487 e. The van der Waals surface area contributed by atoms with Gasteiger partial charge in [0, 0.05) is 32.8 Å². The molecular weight excluding hydrogens is 513 g/mol. The number of hydrogen-bond donors (Lipinski definition) is 3. The number of carbonyl (C=O) groups excluding carboxylic acids is 3. The summed E-state index contributed by atoms with van der Waals surface area (Å²) in [6.07, 6.45) is 3.61. The first-order chi connectivity index (χ1) is 19.1. The van der Waals surface area contributed by atoms with Gasteiger partial charge in [-0.2, -0.15) is 0 Å². The van der Waals surface area contributed by atoms with E-state index in [1.165, 1.54) is 17.0 Å². The molecule has 1 aromatic heterocycles. The molecule has 5 atom stereocenters. The lowest BCUT2D eigenvalue weighted by Crippen LogP contribution is -2.57. The van der Waals surface area contributed by atoms with Gasteiger partial charge in [0.15, 0.2) is 0 Å². The zero-order valence-corrected chi connectivity index (χ0v) is 24.1. The number of aromatic nitrogens is 1. The van der Waals surface area contributed by atoms with Crippen molar-refractivity contribution in [3.8, 4) is 5.75 Å². The van der Waals surface area contributed by atoms with Crippen LogP contribution in [0.1, 0.15) is 51.8 Å². The number of nitrogens with zero attached hydrogens (tertiary/aromatic N) is 2. The normalized spacial score (nSPS) is 24.6. The third-order valence-electron chi connectivity index (χ3n) is 7.46. The Labute approximate surface area is 236 Å². The van der Waals surface area contributed by atoms with Gasteiger partial charge in [0.25, 0.3) is 0 Å². The van der Waals surface area contributed by atoms with Crippen LogP contribution in [0.15, 0.2) is 42.6 Å². The van der Waals surface area contributed by atoms with E-state index in [0.717, 1.165) is 12.1 Å². The van der Waals surface area contributed by atoms with Crippen molar-refractivity contribution < 1.29 is 23.5 Å². The van der Waals surface area contributed by atoms with E-state index in [1.54, 1.807) is 32.3 Å². The maximum atomic E-state index is 13.6. The summed E-state index contributed by atoms with van der Waals surface area (Å²) < 4.78 is 19.6. The SMILES string of the molecule is CCC(C)[C@@H]1NC[C@@H](C)Oc2cccnc2CCCNC(=O)[C@@H](Cc2ccc(F)cc2)NC(=O)[C@@H](C)N(C)C1=O. The highest BCUT2D eigenvalue weighted by atomic mass is 19.1. The number of carbonyl (C=O) groups is 3. The average molecular weight is 556 g/mol.